The number of aliphatic hydroxyl groups is 1. The maximum Gasteiger partial charge on any atom is 0.221 e. The van der Waals surface area contributed by atoms with E-state index in [0.717, 1.165) is 6.42 Å². The van der Waals surface area contributed by atoms with Gasteiger partial charge in [-0.1, -0.05) is 6.92 Å². The predicted octanol–water partition coefficient (Wildman–Crippen LogP) is 0.974. The monoisotopic (exact) mass is 205 g/mol. The van der Waals surface area contributed by atoms with Crippen LogP contribution in [0.5, 0.6) is 0 Å². The van der Waals surface area contributed by atoms with Crippen molar-refractivity contribution in [3.05, 3.63) is 0 Å². The zero-order valence-corrected chi connectivity index (χ0v) is 9.23. The number of nitrogens with one attached hydrogen (secondary N) is 1. The number of hydrogen-bond acceptors (Lipinski definition) is 3. The molecule has 0 saturated heterocycles. The van der Waals surface area contributed by atoms with Gasteiger partial charge in [-0.3, -0.25) is 4.79 Å². The molecule has 1 amide bonds. The first-order valence-corrected chi connectivity index (χ1v) is 5.24. The number of hydrogen-bond donors (Lipinski definition) is 3. The summed E-state index contributed by atoms with van der Waals surface area (Å²) in [5, 5.41) is 11.7. The second-order valence-electron chi connectivity index (χ2n) is 3.41. The summed E-state index contributed by atoms with van der Waals surface area (Å²) in [7, 11) is 0. The SMILES string of the molecule is CCC(C)(CCO)NC(=O)CCS. The van der Waals surface area contributed by atoms with Crippen molar-refractivity contribution in [2.75, 3.05) is 12.4 Å². The highest BCUT2D eigenvalue weighted by molar-refractivity contribution is 7.80. The first-order chi connectivity index (χ1) is 6.08. The zero-order chi connectivity index (χ0) is 10.3. The molecule has 0 spiro atoms. The Morgan fingerprint density at radius 2 is 2.23 bits per heavy atom. The average molecular weight is 205 g/mol. The normalized spacial score (nSPS) is 15.1. The van der Waals surface area contributed by atoms with Gasteiger partial charge in [-0.05, 0) is 25.5 Å². The summed E-state index contributed by atoms with van der Waals surface area (Å²) < 4.78 is 0. The number of rotatable bonds is 6. The Kier molecular flexibility index (Phi) is 6.16. The van der Waals surface area contributed by atoms with Gasteiger partial charge in [-0.25, -0.2) is 0 Å². The summed E-state index contributed by atoms with van der Waals surface area (Å²) in [4.78, 5) is 11.3. The third-order valence-electron chi connectivity index (χ3n) is 2.22. The van der Waals surface area contributed by atoms with Crippen LogP contribution in [0, 0.1) is 0 Å². The lowest BCUT2D eigenvalue weighted by Crippen LogP contribution is -2.46. The number of carbonyl (C=O) groups is 1. The van der Waals surface area contributed by atoms with E-state index in [-0.39, 0.29) is 18.1 Å². The van der Waals surface area contributed by atoms with Crippen LogP contribution in [0.2, 0.25) is 0 Å². The van der Waals surface area contributed by atoms with Gasteiger partial charge in [0.15, 0.2) is 0 Å². The maximum atomic E-state index is 11.3. The predicted molar refractivity (Wildman–Crippen MR) is 57.0 cm³/mol. The fraction of sp³-hybridized carbons (Fsp3) is 0.889. The van der Waals surface area contributed by atoms with Gasteiger partial charge in [0.05, 0.1) is 0 Å². The molecule has 0 radical (unpaired) electrons. The lowest BCUT2D eigenvalue weighted by molar-refractivity contribution is -0.122. The van der Waals surface area contributed by atoms with E-state index in [2.05, 4.69) is 17.9 Å². The molecule has 1 atom stereocenters. The van der Waals surface area contributed by atoms with E-state index in [0.29, 0.717) is 18.6 Å². The van der Waals surface area contributed by atoms with Crippen molar-refractivity contribution in [3.8, 4) is 0 Å². The summed E-state index contributed by atoms with van der Waals surface area (Å²) in [5.41, 5.74) is -0.269. The largest absolute Gasteiger partial charge is 0.396 e. The number of amides is 1. The summed E-state index contributed by atoms with van der Waals surface area (Å²) in [6.45, 7) is 4.04. The highest BCUT2D eigenvalue weighted by Gasteiger charge is 2.22. The summed E-state index contributed by atoms with van der Waals surface area (Å²) >= 11 is 3.98. The molecule has 0 aromatic rings. The van der Waals surface area contributed by atoms with Crippen LogP contribution in [-0.4, -0.2) is 28.9 Å². The van der Waals surface area contributed by atoms with Crippen LogP contribution in [0.25, 0.3) is 0 Å². The van der Waals surface area contributed by atoms with Gasteiger partial charge in [0.25, 0.3) is 0 Å². The van der Waals surface area contributed by atoms with Crippen molar-refractivity contribution in [2.24, 2.45) is 0 Å². The van der Waals surface area contributed by atoms with Crippen LogP contribution < -0.4 is 5.32 Å². The Bertz CT molecular complexity index is 164. The van der Waals surface area contributed by atoms with Crippen LogP contribution in [0.4, 0.5) is 0 Å². The number of thiol groups is 1. The third-order valence-corrected chi connectivity index (χ3v) is 2.45. The van der Waals surface area contributed by atoms with E-state index >= 15 is 0 Å². The minimum absolute atomic E-state index is 0.00722. The van der Waals surface area contributed by atoms with E-state index in [9.17, 15) is 4.79 Å². The standard InChI is InChI=1S/C9H19NO2S/c1-3-9(2,5-6-11)10-8(12)4-7-13/h11,13H,3-7H2,1-2H3,(H,10,12). The first-order valence-electron chi connectivity index (χ1n) is 4.60. The fourth-order valence-corrected chi connectivity index (χ4v) is 1.28. The molecule has 0 rings (SSSR count). The molecule has 0 aliphatic carbocycles. The molecule has 0 aromatic carbocycles. The van der Waals surface area contributed by atoms with E-state index in [4.69, 9.17) is 5.11 Å². The van der Waals surface area contributed by atoms with Gasteiger partial charge >= 0.3 is 0 Å². The lowest BCUT2D eigenvalue weighted by atomic mass is 9.95. The molecule has 0 heterocycles. The van der Waals surface area contributed by atoms with E-state index < -0.39 is 0 Å². The smallest absolute Gasteiger partial charge is 0.221 e. The van der Waals surface area contributed by atoms with Gasteiger partial charge < -0.3 is 10.4 Å². The molecule has 2 N–H and O–H groups in total. The Balaban J connectivity index is 4.02. The molecule has 0 aromatic heterocycles. The topological polar surface area (TPSA) is 49.3 Å². The van der Waals surface area contributed by atoms with Crippen LogP contribution in [0.3, 0.4) is 0 Å². The van der Waals surface area contributed by atoms with Gasteiger partial charge in [-0.2, -0.15) is 12.6 Å². The Labute approximate surface area is 85.3 Å². The van der Waals surface area contributed by atoms with Crippen LogP contribution >= 0.6 is 12.6 Å². The molecule has 13 heavy (non-hydrogen) atoms. The Morgan fingerprint density at radius 3 is 2.62 bits per heavy atom. The Hall–Kier alpha value is -0.220. The molecule has 0 saturated carbocycles. The molecular weight excluding hydrogens is 186 g/mol. The van der Waals surface area contributed by atoms with Crippen molar-refractivity contribution >= 4 is 18.5 Å². The summed E-state index contributed by atoms with van der Waals surface area (Å²) in [5.74, 6) is 0.567. The van der Waals surface area contributed by atoms with Crippen LogP contribution in [0.15, 0.2) is 0 Å². The van der Waals surface area contributed by atoms with Crippen LogP contribution in [-0.2, 0) is 4.79 Å². The highest BCUT2D eigenvalue weighted by atomic mass is 32.1. The third kappa shape index (κ3) is 5.16. The van der Waals surface area contributed by atoms with Crippen LogP contribution in [0.1, 0.15) is 33.1 Å². The molecule has 78 valence electrons. The summed E-state index contributed by atoms with van der Waals surface area (Å²) in [6, 6.07) is 0. The van der Waals surface area contributed by atoms with Gasteiger partial charge in [-0.15, -0.1) is 0 Å². The number of carbonyl (C=O) groups excluding carboxylic acids is 1. The average Bonchev–Trinajstić information content (AvgIpc) is 2.05. The van der Waals surface area contributed by atoms with E-state index in [1.54, 1.807) is 0 Å². The van der Waals surface area contributed by atoms with Crippen molar-refractivity contribution < 1.29 is 9.90 Å². The lowest BCUT2D eigenvalue weighted by Gasteiger charge is -2.28. The molecular formula is C9H19NO2S. The van der Waals surface area contributed by atoms with E-state index in [1.165, 1.54) is 0 Å². The van der Waals surface area contributed by atoms with Gasteiger partial charge in [0.2, 0.25) is 5.91 Å². The van der Waals surface area contributed by atoms with Crippen molar-refractivity contribution in [2.45, 2.75) is 38.6 Å². The second kappa shape index (κ2) is 6.27. The summed E-state index contributed by atoms with van der Waals surface area (Å²) in [6.07, 6.45) is 1.86. The molecule has 0 fully saturated rings. The van der Waals surface area contributed by atoms with Gasteiger partial charge in [0.1, 0.15) is 0 Å². The molecule has 1 unspecified atom stereocenters. The van der Waals surface area contributed by atoms with Crippen molar-refractivity contribution in [1.82, 2.24) is 5.32 Å². The second-order valence-corrected chi connectivity index (χ2v) is 3.86. The first kappa shape index (κ1) is 12.8. The van der Waals surface area contributed by atoms with E-state index in [1.807, 2.05) is 13.8 Å². The molecule has 4 heteroatoms. The minimum atomic E-state index is -0.269. The molecule has 3 nitrogen and oxygen atoms in total. The highest BCUT2D eigenvalue weighted by Crippen LogP contribution is 2.13. The van der Waals surface area contributed by atoms with Crippen molar-refractivity contribution in [3.63, 3.8) is 0 Å². The van der Waals surface area contributed by atoms with Gasteiger partial charge in [0, 0.05) is 18.6 Å². The maximum absolute atomic E-state index is 11.3. The quantitative estimate of drug-likeness (QED) is 0.566. The van der Waals surface area contributed by atoms with Crippen molar-refractivity contribution in [1.29, 1.82) is 0 Å². The zero-order valence-electron chi connectivity index (χ0n) is 8.34. The number of aliphatic hydroxyl groups excluding tert-OH is 1. The molecule has 0 aliphatic heterocycles. The molecule has 0 aliphatic rings. The molecule has 0 bridgehead atoms. The minimum Gasteiger partial charge on any atom is -0.396 e. The fourth-order valence-electron chi connectivity index (χ4n) is 1.08. The Morgan fingerprint density at radius 1 is 1.62 bits per heavy atom.